The van der Waals surface area contributed by atoms with E-state index in [9.17, 15) is 4.79 Å². The number of nitrogens with zero attached hydrogens (tertiary/aromatic N) is 3. The first kappa shape index (κ1) is 33.3. The molecule has 0 radical (unpaired) electrons. The van der Waals surface area contributed by atoms with Gasteiger partial charge < -0.3 is 29.7 Å². The van der Waals surface area contributed by atoms with Gasteiger partial charge in [-0.15, -0.1) is 0 Å². The van der Waals surface area contributed by atoms with Crippen molar-refractivity contribution < 1.29 is 19.0 Å². The van der Waals surface area contributed by atoms with Crippen LogP contribution in [0.5, 0.6) is 11.5 Å². The van der Waals surface area contributed by atoms with Gasteiger partial charge in [0.25, 0.3) is 0 Å². The molecule has 2 aromatic heterocycles. The van der Waals surface area contributed by atoms with Gasteiger partial charge in [0.1, 0.15) is 43.0 Å². The summed E-state index contributed by atoms with van der Waals surface area (Å²) >= 11 is 0. The minimum absolute atomic E-state index is 0.103. The average Bonchev–Trinajstić information content (AvgIpc) is 3.01. The average molecular weight is 636 g/mol. The maximum Gasteiger partial charge on any atom is 0.410 e. The van der Waals surface area contributed by atoms with Crippen LogP contribution >= 0.6 is 0 Å². The molecule has 3 aromatic carbocycles. The first-order valence-corrected chi connectivity index (χ1v) is 16.0. The third-order valence-electron chi connectivity index (χ3n) is 7.09. The fourth-order valence-corrected chi connectivity index (χ4v) is 5.05. The van der Waals surface area contributed by atoms with Gasteiger partial charge >= 0.3 is 6.09 Å². The van der Waals surface area contributed by atoms with E-state index < -0.39 is 6.09 Å². The Kier molecular flexibility index (Phi) is 10.3. The molecule has 47 heavy (non-hydrogen) atoms. The molecule has 0 spiro atoms. The lowest BCUT2D eigenvalue weighted by molar-refractivity contribution is 0.0846. The third kappa shape index (κ3) is 9.72. The van der Waals surface area contributed by atoms with Crippen LogP contribution < -0.4 is 20.1 Å². The van der Waals surface area contributed by atoms with Crippen LogP contribution in [0.4, 0.5) is 16.4 Å². The van der Waals surface area contributed by atoms with Crippen molar-refractivity contribution in [3.63, 3.8) is 0 Å². The second kappa shape index (κ2) is 14.6. The second-order valence-corrected chi connectivity index (χ2v) is 13.5. The number of hydrogen-bond acceptors (Lipinski definition) is 8. The Morgan fingerprint density at radius 2 is 1.13 bits per heavy atom. The number of benzene rings is 3. The third-order valence-corrected chi connectivity index (χ3v) is 7.09. The quantitative estimate of drug-likeness (QED) is 0.141. The van der Waals surface area contributed by atoms with Crippen LogP contribution in [0.25, 0.3) is 21.8 Å². The summed E-state index contributed by atoms with van der Waals surface area (Å²) in [6, 6.07) is 29.2. The number of aromatic nitrogens is 2. The molecule has 0 saturated carbocycles. The fraction of sp³-hybridized carbons (Fsp3) is 0.342. The predicted molar refractivity (Wildman–Crippen MR) is 189 cm³/mol. The highest BCUT2D eigenvalue weighted by Gasteiger charge is 2.18. The lowest BCUT2D eigenvalue weighted by Crippen LogP contribution is -2.38. The SMILES string of the molecule is CC(C)(C)Nc1ccc2c(OCCN(CCOc3cccc4nc(NC(C)(C)C)ccc34)C(=O)OCc3ccccc3)cccc2n1. The molecule has 0 bridgehead atoms. The van der Waals surface area contributed by atoms with Gasteiger partial charge in [-0.1, -0.05) is 42.5 Å². The van der Waals surface area contributed by atoms with Crippen molar-refractivity contribution in [3.8, 4) is 11.5 Å². The van der Waals surface area contributed by atoms with E-state index in [0.29, 0.717) is 24.6 Å². The van der Waals surface area contributed by atoms with Gasteiger partial charge in [-0.3, -0.25) is 0 Å². The monoisotopic (exact) mass is 635 g/mol. The summed E-state index contributed by atoms with van der Waals surface area (Å²) in [5.41, 5.74) is 2.37. The van der Waals surface area contributed by atoms with E-state index in [0.717, 1.165) is 39.0 Å². The molecule has 2 N–H and O–H groups in total. The van der Waals surface area contributed by atoms with Crippen LogP contribution in [-0.4, -0.2) is 58.3 Å². The van der Waals surface area contributed by atoms with Gasteiger partial charge in [0.15, 0.2) is 0 Å². The van der Waals surface area contributed by atoms with Gasteiger partial charge in [0.2, 0.25) is 0 Å². The van der Waals surface area contributed by atoms with Crippen molar-refractivity contribution in [2.24, 2.45) is 0 Å². The molecular weight excluding hydrogens is 590 g/mol. The Hall–Kier alpha value is -5.05. The Morgan fingerprint density at radius 3 is 1.60 bits per heavy atom. The Morgan fingerprint density at radius 1 is 0.638 bits per heavy atom. The summed E-state index contributed by atoms with van der Waals surface area (Å²) in [5, 5.41) is 8.62. The summed E-state index contributed by atoms with van der Waals surface area (Å²) in [7, 11) is 0. The lowest BCUT2D eigenvalue weighted by atomic mass is 10.1. The maximum atomic E-state index is 13.3. The fourth-order valence-electron chi connectivity index (χ4n) is 5.05. The first-order chi connectivity index (χ1) is 22.4. The zero-order valence-corrected chi connectivity index (χ0v) is 28.2. The highest BCUT2D eigenvalue weighted by molar-refractivity contribution is 5.87. The zero-order chi connectivity index (χ0) is 33.4. The predicted octanol–water partition coefficient (Wildman–Crippen LogP) is 8.30. The summed E-state index contributed by atoms with van der Waals surface area (Å²) in [6.07, 6.45) is -0.434. The Bertz CT molecular complexity index is 1690. The van der Waals surface area contributed by atoms with Crippen LogP contribution in [0.1, 0.15) is 47.1 Å². The molecule has 5 rings (SSSR count). The number of fused-ring (bicyclic) bond motifs is 2. The van der Waals surface area contributed by atoms with Crippen molar-refractivity contribution in [1.29, 1.82) is 0 Å². The van der Waals surface area contributed by atoms with Crippen molar-refractivity contribution in [2.45, 2.75) is 59.2 Å². The van der Waals surface area contributed by atoms with E-state index in [2.05, 4.69) is 52.2 Å². The van der Waals surface area contributed by atoms with Crippen LogP contribution in [-0.2, 0) is 11.3 Å². The maximum absolute atomic E-state index is 13.3. The van der Waals surface area contributed by atoms with Crippen molar-refractivity contribution in [2.75, 3.05) is 36.9 Å². The number of ether oxygens (including phenoxy) is 3. The summed E-state index contributed by atoms with van der Waals surface area (Å²) in [6.45, 7) is 13.9. The van der Waals surface area contributed by atoms with Gasteiger partial charge in [-0.05, 0) is 95.6 Å². The van der Waals surface area contributed by atoms with Crippen molar-refractivity contribution >= 4 is 39.5 Å². The minimum atomic E-state index is -0.434. The molecule has 1 amide bonds. The molecule has 0 unspecified atom stereocenters. The number of carbonyl (C=O) groups excluding carboxylic acids is 1. The molecule has 5 aromatic rings. The van der Waals surface area contributed by atoms with Crippen molar-refractivity contribution in [3.05, 3.63) is 96.6 Å². The summed E-state index contributed by atoms with van der Waals surface area (Å²) in [4.78, 5) is 24.4. The molecule has 0 atom stereocenters. The van der Waals surface area contributed by atoms with Crippen LogP contribution in [0.2, 0.25) is 0 Å². The first-order valence-electron chi connectivity index (χ1n) is 16.0. The number of carbonyl (C=O) groups is 1. The molecule has 246 valence electrons. The number of nitrogens with one attached hydrogen (secondary N) is 2. The zero-order valence-electron chi connectivity index (χ0n) is 28.2. The van der Waals surface area contributed by atoms with Gasteiger partial charge in [0.05, 0.1) is 24.1 Å². The van der Waals surface area contributed by atoms with E-state index >= 15 is 0 Å². The normalized spacial score (nSPS) is 11.7. The number of hydrogen-bond donors (Lipinski definition) is 2. The lowest BCUT2D eigenvalue weighted by Gasteiger charge is -2.23. The molecule has 2 heterocycles. The molecule has 0 fully saturated rings. The van der Waals surface area contributed by atoms with Crippen LogP contribution in [0, 0.1) is 0 Å². The van der Waals surface area contributed by atoms with E-state index in [4.69, 9.17) is 24.2 Å². The molecule has 9 heteroatoms. The summed E-state index contributed by atoms with van der Waals surface area (Å²) < 4.78 is 18.1. The van der Waals surface area contributed by atoms with E-state index in [-0.39, 0.29) is 30.9 Å². The number of pyridine rings is 2. The summed E-state index contributed by atoms with van der Waals surface area (Å²) in [5.74, 6) is 3.02. The largest absolute Gasteiger partial charge is 0.491 e. The highest BCUT2D eigenvalue weighted by Crippen LogP contribution is 2.28. The number of rotatable bonds is 12. The molecular formula is C38H45N5O4. The molecule has 0 saturated heterocycles. The molecule has 0 aliphatic rings. The van der Waals surface area contributed by atoms with E-state index in [1.165, 1.54) is 0 Å². The Balaban J connectivity index is 1.25. The standard InChI is InChI=1S/C38H45N5O4/c1-37(2,3)41-34-20-18-28-30(39-34)14-10-16-32(28)45-24-22-43(36(44)47-26-27-12-8-7-9-13-27)23-25-46-33-17-11-15-31-29(33)19-21-35(40-31)42-38(4,5)6/h7-21H,22-26H2,1-6H3,(H,39,41)(H,40,42). The molecule has 9 nitrogen and oxygen atoms in total. The minimum Gasteiger partial charge on any atom is -0.491 e. The van der Waals surface area contributed by atoms with Crippen LogP contribution in [0.15, 0.2) is 91.0 Å². The molecule has 0 aliphatic carbocycles. The topological polar surface area (TPSA) is 97.8 Å². The Labute approximate surface area is 277 Å². The van der Waals surface area contributed by atoms with Crippen molar-refractivity contribution in [1.82, 2.24) is 14.9 Å². The van der Waals surface area contributed by atoms with E-state index in [1.807, 2.05) is 91.0 Å². The van der Waals surface area contributed by atoms with E-state index in [1.54, 1.807) is 4.90 Å². The highest BCUT2D eigenvalue weighted by atomic mass is 16.6. The molecule has 0 aliphatic heterocycles. The van der Waals surface area contributed by atoms with Crippen LogP contribution in [0.3, 0.4) is 0 Å². The number of amides is 1. The van der Waals surface area contributed by atoms with Gasteiger partial charge in [-0.25, -0.2) is 14.8 Å². The van der Waals surface area contributed by atoms with Gasteiger partial charge in [0, 0.05) is 21.9 Å². The smallest absolute Gasteiger partial charge is 0.410 e. The number of anilines is 2. The second-order valence-electron chi connectivity index (χ2n) is 13.5. The van der Waals surface area contributed by atoms with Gasteiger partial charge in [-0.2, -0.15) is 0 Å².